The molecule has 4 nitrogen and oxygen atoms in total. The smallest absolute Gasteiger partial charge is 0.119 e. The fraction of sp³-hybridized carbons (Fsp3) is 0.312. The molecule has 0 N–H and O–H groups in total. The van der Waals surface area contributed by atoms with E-state index >= 15 is 0 Å². The summed E-state index contributed by atoms with van der Waals surface area (Å²) >= 11 is 0. The van der Waals surface area contributed by atoms with E-state index in [0.717, 1.165) is 30.2 Å². The van der Waals surface area contributed by atoms with Crippen molar-refractivity contribution in [3.8, 4) is 11.8 Å². The highest BCUT2D eigenvalue weighted by Gasteiger charge is 2.03. The summed E-state index contributed by atoms with van der Waals surface area (Å²) in [4.78, 5) is 2.14. The van der Waals surface area contributed by atoms with Crippen LogP contribution in [0.25, 0.3) is 0 Å². The Balaban J connectivity index is 1.71. The number of benzene rings is 1. The molecular weight excluding hydrogens is 252 g/mol. The van der Waals surface area contributed by atoms with Gasteiger partial charge in [-0.05, 0) is 36.9 Å². The molecule has 20 heavy (non-hydrogen) atoms. The Hall–Kier alpha value is -2.25. The van der Waals surface area contributed by atoms with E-state index in [1.165, 1.54) is 0 Å². The van der Waals surface area contributed by atoms with E-state index in [0.29, 0.717) is 13.0 Å². The molecule has 104 valence electrons. The molecule has 0 aliphatic rings. The van der Waals surface area contributed by atoms with Crippen LogP contribution in [0.15, 0.2) is 47.1 Å². The highest BCUT2D eigenvalue weighted by atomic mass is 16.5. The highest BCUT2D eigenvalue weighted by molar-refractivity contribution is 5.28. The van der Waals surface area contributed by atoms with Crippen LogP contribution >= 0.6 is 0 Å². The first-order chi connectivity index (χ1) is 9.78. The summed E-state index contributed by atoms with van der Waals surface area (Å²) in [7, 11) is 2.03. The summed E-state index contributed by atoms with van der Waals surface area (Å²) in [5.41, 5.74) is 1.01. The Bertz CT molecular complexity index is 541. The molecule has 4 heteroatoms. The third kappa shape index (κ3) is 4.45. The summed E-state index contributed by atoms with van der Waals surface area (Å²) < 4.78 is 11.0. The van der Waals surface area contributed by atoms with Crippen molar-refractivity contribution in [1.82, 2.24) is 4.90 Å². The number of ether oxygens (including phenoxy) is 1. The Kier molecular flexibility index (Phi) is 5.22. The molecule has 0 fully saturated rings. The first-order valence-electron chi connectivity index (χ1n) is 6.57. The van der Waals surface area contributed by atoms with Crippen LogP contribution in [0.5, 0.6) is 5.75 Å². The topological polar surface area (TPSA) is 49.4 Å². The first-order valence-corrected chi connectivity index (χ1v) is 6.57. The monoisotopic (exact) mass is 270 g/mol. The number of rotatable bonds is 7. The molecule has 1 aromatic heterocycles. The fourth-order valence-electron chi connectivity index (χ4n) is 1.86. The lowest BCUT2D eigenvalue weighted by molar-refractivity contribution is 0.222. The largest absolute Gasteiger partial charge is 0.492 e. The molecule has 0 amide bonds. The second kappa shape index (κ2) is 7.37. The molecule has 0 bridgehead atoms. The van der Waals surface area contributed by atoms with Crippen LogP contribution in [0, 0.1) is 11.3 Å². The van der Waals surface area contributed by atoms with Gasteiger partial charge in [-0.1, -0.05) is 12.1 Å². The summed E-state index contributed by atoms with van der Waals surface area (Å²) in [5.74, 6) is 1.78. The average molecular weight is 270 g/mol. The van der Waals surface area contributed by atoms with Crippen LogP contribution in [-0.4, -0.2) is 25.1 Å². The minimum atomic E-state index is 0.437. The SMILES string of the molecule is CN(CCOc1ccc(CC#N)cc1)Cc1ccco1. The van der Waals surface area contributed by atoms with Gasteiger partial charge in [0.15, 0.2) is 0 Å². The van der Waals surface area contributed by atoms with Crippen LogP contribution in [0.3, 0.4) is 0 Å². The van der Waals surface area contributed by atoms with Gasteiger partial charge >= 0.3 is 0 Å². The molecule has 2 aromatic rings. The molecule has 0 saturated heterocycles. The minimum absolute atomic E-state index is 0.437. The third-order valence-corrected chi connectivity index (χ3v) is 2.95. The molecule has 0 saturated carbocycles. The van der Waals surface area contributed by atoms with Gasteiger partial charge in [-0.25, -0.2) is 0 Å². The van der Waals surface area contributed by atoms with Gasteiger partial charge in [-0.3, -0.25) is 4.90 Å². The van der Waals surface area contributed by atoms with Gasteiger partial charge in [0.25, 0.3) is 0 Å². The van der Waals surface area contributed by atoms with Gasteiger partial charge in [0, 0.05) is 6.54 Å². The Morgan fingerprint density at radius 3 is 2.70 bits per heavy atom. The van der Waals surface area contributed by atoms with Gasteiger partial charge in [0.2, 0.25) is 0 Å². The van der Waals surface area contributed by atoms with E-state index in [9.17, 15) is 0 Å². The number of hydrogen-bond acceptors (Lipinski definition) is 4. The Labute approximate surface area is 119 Å². The molecule has 1 aromatic carbocycles. The molecule has 2 rings (SSSR count). The van der Waals surface area contributed by atoms with Crippen LogP contribution < -0.4 is 4.74 Å². The van der Waals surface area contributed by atoms with Crippen LogP contribution in [-0.2, 0) is 13.0 Å². The molecule has 0 spiro atoms. The van der Waals surface area contributed by atoms with Crippen LogP contribution in [0.1, 0.15) is 11.3 Å². The molecule has 1 heterocycles. The molecule has 0 unspecified atom stereocenters. The maximum absolute atomic E-state index is 8.60. The second-order valence-electron chi connectivity index (χ2n) is 4.64. The van der Waals surface area contributed by atoms with Crippen molar-refractivity contribution in [3.63, 3.8) is 0 Å². The number of furan rings is 1. The van der Waals surface area contributed by atoms with E-state index in [1.54, 1.807) is 6.26 Å². The third-order valence-electron chi connectivity index (χ3n) is 2.95. The van der Waals surface area contributed by atoms with Crippen molar-refractivity contribution in [3.05, 3.63) is 54.0 Å². The zero-order valence-electron chi connectivity index (χ0n) is 11.6. The van der Waals surface area contributed by atoms with Crippen LogP contribution in [0.2, 0.25) is 0 Å². The van der Waals surface area contributed by atoms with Crippen molar-refractivity contribution < 1.29 is 9.15 Å². The van der Waals surface area contributed by atoms with E-state index in [4.69, 9.17) is 14.4 Å². The summed E-state index contributed by atoms with van der Waals surface area (Å²) in [6.07, 6.45) is 2.12. The maximum atomic E-state index is 8.60. The van der Waals surface area contributed by atoms with Crippen molar-refractivity contribution in [2.45, 2.75) is 13.0 Å². The van der Waals surface area contributed by atoms with Crippen molar-refractivity contribution >= 4 is 0 Å². The van der Waals surface area contributed by atoms with Gasteiger partial charge in [0.05, 0.1) is 25.3 Å². The van der Waals surface area contributed by atoms with Crippen LogP contribution in [0.4, 0.5) is 0 Å². The average Bonchev–Trinajstić information content (AvgIpc) is 2.94. The van der Waals surface area contributed by atoms with E-state index in [1.807, 2.05) is 43.4 Å². The summed E-state index contributed by atoms with van der Waals surface area (Å²) in [5, 5.41) is 8.60. The molecule has 0 radical (unpaired) electrons. The van der Waals surface area contributed by atoms with E-state index < -0.39 is 0 Å². The standard InChI is InChI=1S/C16H18N2O2/c1-18(13-16-3-2-11-19-16)10-12-20-15-6-4-14(5-7-15)8-9-17/h2-7,11H,8,10,12-13H2,1H3. The molecule has 0 aliphatic carbocycles. The molecule has 0 aliphatic heterocycles. The number of nitrogens with zero attached hydrogens (tertiary/aromatic N) is 2. The normalized spacial score (nSPS) is 10.4. The summed E-state index contributed by atoms with van der Waals surface area (Å²) in [6.45, 7) is 2.22. The van der Waals surface area contributed by atoms with Gasteiger partial charge in [0.1, 0.15) is 18.1 Å². The van der Waals surface area contributed by atoms with Gasteiger partial charge < -0.3 is 9.15 Å². The van der Waals surface area contributed by atoms with E-state index in [2.05, 4.69) is 11.0 Å². The zero-order valence-corrected chi connectivity index (χ0v) is 11.6. The maximum Gasteiger partial charge on any atom is 0.119 e. The number of likely N-dealkylation sites (N-methyl/N-ethyl adjacent to an activating group) is 1. The number of hydrogen-bond donors (Lipinski definition) is 0. The molecular formula is C16H18N2O2. The second-order valence-corrected chi connectivity index (χ2v) is 4.64. The van der Waals surface area contributed by atoms with Gasteiger partial charge in [-0.2, -0.15) is 5.26 Å². The predicted octanol–water partition coefficient (Wildman–Crippen LogP) is 2.86. The van der Waals surface area contributed by atoms with E-state index in [-0.39, 0.29) is 0 Å². The quantitative estimate of drug-likeness (QED) is 0.776. The lowest BCUT2D eigenvalue weighted by Gasteiger charge is -2.15. The lowest BCUT2D eigenvalue weighted by Crippen LogP contribution is -2.23. The minimum Gasteiger partial charge on any atom is -0.492 e. The predicted molar refractivity (Wildman–Crippen MR) is 76.3 cm³/mol. The fourth-order valence-corrected chi connectivity index (χ4v) is 1.86. The Morgan fingerprint density at radius 1 is 1.25 bits per heavy atom. The van der Waals surface area contributed by atoms with Crippen molar-refractivity contribution in [2.75, 3.05) is 20.2 Å². The summed E-state index contributed by atoms with van der Waals surface area (Å²) in [6, 6.07) is 13.6. The van der Waals surface area contributed by atoms with Crippen molar-refractivity contribution in [1.29, 1.82) is 5.26 Å². The van der Waals surface area contributed by atoms with Crippen molar-refractivity contribution in [2.24, 2.45) is 0 Å². The first kappa shape index (κ1) is 14.2. The van der Waals surface area contributed by atoms with Gasteiger partial charge in [-0.15, -0.1) is 0 Å². The molecule has 0 atom stereocenters. The Morgan fingerprint density at radius 2 is 2.05 bits per heavy atom. The number of nitriles is 1. The lowest BCUT2D eigenvalue weighted by atomic mass is 10.2. The highest BCUT2D eigenvalue weighted by Crippen LogP contribution is 2.12. The zero-order chi connectivity index (χ0) is 14.2.